The lowest BCUT2D eigenvalue weighted by Crippen LogP contribution is -2.38. The highest BCUT2D eigenvalue weighted by Crippen LogP contribution is 2.36. The average molecular weight is 478 g/mol. The minimum Gasteiger partial charge on any atom is -0.397 e. The van der Waals surface area contributed by atoms with Crippen molar-refractivity contribution in [2.24, 2.45) is 0 Å². The number of hydrogen-bond donors (Lipinski definition) is 2. The van der Waals surface area contributed by atoms with E-state index in [1.165, 1.54) is 29.7 Å². The summed E-state index contributed by atoms with van der Waals surface area (Å²) < 4.78 is 0. The van der Waals surface area contributed by atoms with Gasteiger partial charge in [-0.2, -0.15) is 0 Å². The third kappa shape index (κ3) is 4.40. The quantitative estimate of drug-likeness (QED) is 0.575. The van der Waals surface area contributed by atoms with Gasteiger partial charge >= 0.3 is 0 Å². The molecule has 3 N–H and O–H groups in total. The maximum Gasteiger partial charge on any atom is 0.263 e. The third-order valence-corrected chi connectivity index (χ3v) is 8.07. The summed E-state index contributed by atoms with van der Waals surface area (Å²) >= 11 is 1.30. The first-order chi connectivity index (χ1) is 16.5. The maximum atomic E-state index is 13.5. The van der Waals surface area contributed by atoms with Crippen LogP contribution in [0.3, 0.4) is 0 Å². The maximum absolute atomic E-state index is 13.5. The molecule has 34 heavy (non-hydrogen) atoms. The van der Waals surface area contributed by atoms with Crippen LogP contribution in [0.2, 0.25) is 0 Å². The lowest BCUT2D eigenvalue weighted by atomic mass is 9.97. The van der Waals surface area contributed by atoms with E-state index >= 15 is 0 Å². The Balaban J connectivity index is 1.38. The zero-order chi connectivity index (χ0) is 23.7. The second kappa shape index (κ2) is 9.72. The van der Waals surface area contributed by atoms with E-state index < -0.39 is 0 Å². The van der Waals surface area contributed by atoms with Crippen molar-refractivity contribution in [1.82, 2.24) is 20.1 Å². The number of rotatable bonds is 5. The Labute approximate surface area is 203 Å². The molecule has 1 atom stereocenters. The van der Waals surface area contributed by atoms with E-state index in [2.05, 4.69) is 22.3 Å². The van der Waals surface area contributed by atoms with Gasteiger partial charge in [-0.05, 0) is 75.0 Å². The van der Waals surface area contributed by atoms with Crippen molar-refractivity contribution in [3.05, 3.63) is 58.1 Å². The summed E-state index contributed by atoms with van der Waals surface area (Å²) in [6.45, 7) is 3.99. The fraction of sp³-hybridized carbons (Fsp3) is 0.423. The molecule has 0 radical (unpaired) electrons. The molecule has 7 nitrogen and oxygen atoms in total. The van der Waals surface area contributed by atoms with Crippen molar-refractivity contribution in [3.63, 3.8) is 0 Å². The number of anilines is 1. The highest BCUT2D eigenvalue weighted by atomic mass is 32.1. The van der Waals surface area contributed by atoms with E-state index in [-0.39, 0.29) is 17.9 Å². The molecule has 2 saturated heterocycles. The first-order valence-corrected chi connectivity index (χ1v) is 12.9. The number of carbonyl (C=O) groups excluding carboxylic acids is 2. The fourth-order valence-corrected chi connectivity index (χ4v) is 6.13. The molecule has 2 amide bonds. The molecular formula is C26H31N5O2S. The molecular weight excluding hydrogens is 446 g/mol. The van der Waals surface area contributed by atoms with Crippen LogP contribution in [-0.4, -0.2) is 53.3 Å². The van der Waals surface area contributed by atoms with Crippen molar-refractivity contribution in [2.45, 2.75) is 44.7 Å². The molecule has 8 heteroatoms. The van der Waals surface area contributed by atoms with Crippen LogP contribution in [0.4, 0.5) is 5.69 Å². The summed E-state index contributed by atoms with van der Waals surface area (Å²) in [6.07, 6.45) is 5.47. The molecule has 0 bridgehead atoms. The van der Waals surface area contributed by atoms with Gasteiger partial charge in [-0.15, -0.1) is 11.3 Å². The largest absolute Gasteiger partial charge is 0.397 e. The standard InChI is InChI=1S/C26H31N5O2S/c1-28-24(32)23-22(27)19-11-12-20(29-25(19)34-23)21-6-2-3-15-31(21)26(33)18-9-7-17(8-10-18)16-30-13-4-5-14-30/h7-12,21H,2-6,13-16,27H2,1H3,(H,28,32)/t21-/m0/s1. The highest BCUT2D eigenvalue weighted by molar-refractivity contribution is 7.21. The highest BCUT2D eigenvalue weighted by Gasteiger charge is 2.30. The number of piperidine rings is 1. The Morgan fingerprint density at radius 3 is 2.53 bits per heavy atom. The summed E-state index contributed by atoms with van der Waals surface area (Å²) in [5.74, 6) is -0.152. The lowest BCUT2D eigenvalue weighted by molar-refractivity contribution is 0.0606. The van der Waals surface area contributed by atoms with Crippen molar-refractivity contribution in [3.8, 4) is 0 Å². The minimum absolute atomic E-state index is 0.0519. The van der Waals surface area contributed by atoms with E-state index in [0.717, 1.165) is 66.9 Å². The summed E-state index contributed by atoms with van der Waals surface area (Å²) in [7, 11) is 1.59. The molecule has 1 aromatic carbocycles. The molecule has 5 rings (SSSR count). The Hall–Kier alpha value is -2.97. The van der Waals surface area contributed by atoms with E-state index in [1.54, 1.807) is 7.05 Å². The van der Waals surface area contributed by atoms with Gasteiger partial charge in [-0.3, -0.25) is 14.5 Å². The van der Waals surface area contributed by atoms with E-state index in [0.29, 0.717) is 10.6 Å². The zero-order valence-corrected chi connectivity index (χ0v) is 20.4. The minimum atomic E-state index is -0.204. The summed E-state index contributed by atoms with van der Waals surface area (Å²) in [6, 6.07) is 11.9. The van der Waals surface area contributed by atoms with Crippen LogP contribution in [0.1, 0.15) is 69.4 Å². The van der Waals surface area contributed by atoms with Gasteiger partial charge in [0.1, 0.15) is 9.71 Å². The Kier molecular flexibility index (Phi) is 6.52. The molecule has 4 heterocycles. The van der Waals surface area contributed by atoms with Crippen molar-refractivity contribution in [2.75, 3.05) is 32.4 Å². The van der Waals surface area contributed by atoms with Gasteiger partial charge in [-0.1, -0.05) is 12.1 Å². The van der Waals surface area contributed by atoms with E-state index in [4.69, 9.17) is 10.7 Å². The van der Waals surface area contributed by atoms with Gasteiger partial charge in [0.15, 0.2) is 0 Å². The van der Waals surface area contributed by atoms with Gasteiger partial charge in [0, 0.05) is 31.1 Å². The molecule has 2 fully saturated rings. The number of thiophene rings is 1. The zero-order valence-electron chi connectivity index (χ0n) is 19.5. The third-order valence-electron chi connectivity index (χ3n) is 6.96. The number of pyridine rings is 1. The first-order valence-electron chi connectivity index (χ1n) is 12.1. The molecule has 2 aliphatic rings. The fourth-order valence-electron chi connectivity index (χ4n) is 5.08. The van der Waals surface area contributed by atoms with Crippen molar-refractivity contribution >= 4 is 39.1 Å². The lowest BCUT2D eigenvalue weighted by Gasteiger charge is -2.35. The Morgan fingerprint density at radius 1 is 1.06 bits per heavy atom. The Morgan fingerprint density at radius 2 is 1.79 bits per heavy atom. The molecule has 3 aromatic rings. The van der Waals surface area contributed by atoms with Gasteiger partial charge < -0.3 is 16.0 Å². The number of nitrogens with two attached hydrogens (primary N) is 1. The number of aromatic nitrogens is 1. The number of nitrogens with zero attached hydrogens (tertiary/aromatic N) is 3. The van der Waals surface area contributed by atoms with Crippen LogP contribution in [0.25, 0.3) is 10.2 Å². The molecule has 0 saturated carbocycles. The van der Waals surface area contributed by atoms with Crippen LogP contribution in [0.15, 0.2) is 36.4 Å². The number of nitrogen functional groups attached to an aromatic ring is 1. The van der Waals surface area contributed by atoms with Crippen LogP contribution in [0.5, 0.6) is 0 Å². The molecule has 2 aliphatic heterocycles. The normalized spacial score (nSPS) is 19.0. The monoisotopic (exact) mass is 477 g/mol. The second-order valence-electron chi connectivity index (χ2n) is 9.20. The predicted octanol–water partition coefficient (Wildman–Crippen LogP) is 4.20. The Bertz CT molecular complexity index is 1200. The number of hydrogen-bond acceptors (Lipinski definition) is 6. The number of nitrogens with one attached hydrogen (secondary N) is 1. The number of likely N-dealkylation sites (tertiary alicyclic amines) is 2. The SMILES string of the molecule is CNC(=O)c1sc2nc([C@@H]3CCCCN3C(=O)c3ccc(CN4CCCC4)cc3)ccc2c1N. The van der Waals surface area contributed by atoms with Crippen molar-refractivity contribution < 1.29 is 9.59 Å². The van der Waals surface area contributed by atoms with Gasteiger partial charge in [0.2, 0.25) is 0 Å². The van der Waals surface area contributed by atoms with Gasteiger partial charge in [0.05, 0.1) is 17.4 Å². The number of amides is 2. The van der Waals surface area contributed by atoms with Crippen LogP contribution in [0, 0.1) is 0 Å². The van der Waals surface area contributed by atoms with Crippen molar-refractivity contribution in [1.29, 1.82) is 0 Å². The molecule has 178 valence electrons. The number of fused-ring (bicyclic) bond motifs is 1. The number of carbonyl (C=O) groups is 2. The average Bonchev–Trinajstić information content (AvgIpc) is 3.51. The smallest absolute Gasteiger partial charge is 0.263 e. The topological polar surface area (TPSA) is 91.6 Å². The molecule has 0 unspecified atom stereocenters. The molecule has 0 aliphatic carbocycles. The molecule has 0 spiro atoms. The summed E-state index contributed by atoms with van der Waals surface area (Å²) in [5.41, 5.74) is 9.50. The first kappa shape index (κ1) is 22.8. The van der Waals surface area contributed by atoms with Gasteiger partial charge in [-0.25, -0.2) is 4.98 Å². The molecule has 2 aromatic heterocycles. The van der Waals surface area contributed by atoms with Crippen LogP contribution >= 0.6 is 11.3 Å². The van der Waals surface area contributed by atoms with Crippen LogP contribution in [-0.2, 0) is 6.54 Å². The van der Waals surface area contributed by atoms with E-state index in [9.17, 15) is 9.59 Å². The second-order valence-corrected chi connectivity index (χ2v) is 10.2. The summed E-state index contributed by atoms with van der Waals surface area (Å²) in [5, 5.41) is 3.42. The predicted molar refractivity (Wildman–Crippen MR) is 136 cm³/mol. The number of benzene rings is 1. The van der Waals surface area contributed by atoms with Gasteiger partial charge in [0.25, 0.3) is 11.8 Å². The van der Waals surface area contributed by atoms with E-state index in [1.807, 2.05) is 29.2 Å². The van der Waals surface area contributed by atoms with Crippen LogP contribution < -0.4 is 11.1 Å². The summed E-state index contributed by atoms with van der Waals surface area (Å²) in [4.78, 5) is 36.1.